The second kappa shape index (κ2) is 6.26. The van der Waals surface area contributed by atoms with Gasteiger partial charge in [0.15, 0.2) is 0 Å². The van der Waals surface area contributed by atoms with Crippen LogP contribution in [0.2, 0.25) is 5.02 Å². The van der Waals surface area contributed by atoms with Crippen molar-refractivity contribution in [2.45, 2.75) is 18.4 Å². The maximum absolute atomic E-state index is 12.6. The van der Waals surface area contributed by atoms with Gasteiger partial charge in [-0.15, -0.1) is 11.3 Å². The summed E-state index contributed by atoms with van der Waals surface area (Å²) in [5, 5.41) is 2.09. The van der Waals surface area contributed by atoms with Crippen LogP contribution in [0.4, 0.5) is 5.69 Å². The Bertz CT molecular complexity index is 774. The second-order valence-electron chi connectivity index (χ2n) is 4.63. The van der Waals surface area contributed by atoms with E-state index in [-0.39, 0.29) is 16.5 Å². The van der Waals surface area contributed by atoms with E-state index in [9.17, 15) is 8.42 Å². The third-order valence-electron chi connectivity index (χ3n) is 3.01. The van der Waals surface area contributed by atoms with E-state index in [1.165, 1.54) is 28.8 Å². The highest BCUT2D eigenvalue weighted by Crippen LogP contribution is 2.30. The van der Waals surface area contributed by atoms with Gasteiger partial charge in [-0.2, -0.15) is 4.31 Å². The number of hydrogen-bond donors (Lipinski definition) is 1. The average molecular weight is 410 g/mol. The monoisotopic (exact) mass is 408 g/mol. The predicted octanol–water partition coefficient (Wildman–Crippen LogP) is 3.88. The lowest BCUT2D eigenvalue weighted by Crippen LogP contribution is -2.26. The van der Waals surface area contributed by atoms with Crippen LogP contribution in [0, 0.1) is 6.92 Å². The van der Waals surface area contributed by atoms with E-state index in [1.54, 1.807) is 13.0 Å². The Kier molecular flexibility index (Phi) is 4.99. The summed E-state index contributed by atoms with van der Waals surface area (Å²) < 4.78 is 27.4. The van der Waals surface area contributed by atoms with Gasteiger partial charge in [-0.25, -0.2) is 8.42 Å². The second-order valence-corrected chi connectivity index (χ2v) is 8.96. The molecular weight excluding hydrogens is 396 g/mol. The number of hydrogen-bond acceptors (Lipinski definition) is 4. The first-order valence-electron chi connectivity index (χ1n) is 5.96. The molecule has 0 spiro atoms. The number of nitrogens with two attached hydrogens (primary N) is 1. The van der Waals surface area contributed by atoms with Crippen molar-refractivity contribution in [2.75, 3.05) is 12.8 Å². The number of thiophene rings is 1. The van der Waals surface area contributed by atoms with E-state index in [0.717, 1.165) is 14.9 Å². The fourth-order valence-electron chi connectivity index (χ4n) is 1.78. The van der Waals surface area contributed by atoms with Gasteiger partial charge in [0.25, 0.3) is 0 Å². The Morgan fingerprint density at radius 2 is 2.05 bits per heavy atom. The standard InChI is InChI=1S/C13H14BrClN2O2S2/c1-8-3-11(15)13(5-12(8)16)21(18,19)17(2)6-10-4-9(14)7-20-10/h3-5,7H,6,16H2,1-2H3. The van der Waals surface area contributed by atoms with E-state index >= 15 is 0 Å². The summed E-state index contributed by atoms with van der Waals surface area (Å²) in [4.78, 5) is 0.967. The topological polar surface area (TPSA) is 63.4 Å². The zero-order chi connectivity index (χ0) is 15.8. The van der Waals surface area contributed by atoms with Crippen molar-refractivity contribution >= 4 is 54.6 Å². The molecule has 2 aromatic rings. The third kappa shape index (κ3) is 3.60. The molecule has 0 atom stereocenters. The molecule has 1 aromatic heterocycles. The first-order valence-corrected chi connectivity index (χ1v) is 9.45. The number of benzene rings is 1. The number of halogens is 2. The highest BCUT2D eigenvalue weighted by Gasteiger charge is 2.25. The van der Waals surface area contributed by atoms with E-state index in [2.05, 4.69) is 15.9 Å². The maximum atomic E-state index is 12.6. The molecule has 0 aliphatic carbocycles. The fraction of sp³-hybridized carbons (Fsp3) is 0.231. The van der Waals surface area contributed by atoms with Gasteiger partial charge in [0.1, 0.15) is 4.90 Å². The van der Waals surface area contributed by atoms with E-state index < -0.39 is 10.0 Å². The summed E-state index contributed by atoms with van der Waals surface area (Å²) in [7, 11) is -2.16. The molecule has 1 heterocycles. The van der Waals surface area contributed by atoms with Crippen LogP contribution in [-0.2, 0) is 16.6 Å². The zero-order valence-corrected chi connectivity index (χ0v) is 15.4. The molecule has 8 heteroatoms. The molecule has 0 fully saturated rings. The molecule has 4 nitrogen and oxygen atoms in total. The van der Waals surface area contributed by atoms with Gasteiger partial charge in [0, 0.05) is 34.0 Å². The van der Waals surface area contributed by atoms with Crippen LogP contribution in [0.3, 0.4) is 0 Å². The molecule has 0 aliphatic heterocycles. The van der Waals surface area contributed by atoms with Crippen LogP contribution < -0.4 is 5.73 Å². The minimum Gasteiger partial charge on any atom is -0.398 e. The van der Waals surface area contributed by atoms with Crippen LogP contribution in [0.5, 0.6) is 0 Å². The molecule has 0 aliphatic rings. The van der Waals surface area contributed by atoms with Gasteiger partial charge in [-0.05, 0) is 46.6 Å². The smallest absolute Gasteiger partial charge is 0.244 e. The summed E-state index contributed by atoms with van der Waals surface area (Å²) in [6.45, 7) is 2.06. The van der Waals surface area contributed by atoms with Gasteiger partial charge < -0.3 is 5.73 Å². The average Bonchev–Trinajstić information content (AvgIpc) is 2.79. The lowest BCUT2D eigenvalue weighted by Gasteiger charge is -2.18. The number of aryl methyl sites for hydroxylation is 1. The molecule has 21 heavy (non-hydrogen) atoms. The van der Waals surface area contributed by atoms with Crippen molar-refractivity contribution in [3.63, 3.8) is 0 Å². The van der Waals surface area contributed by atoms with Gasteiger partial charge in [0.05, 0.1) is 5.02 Å². The Morgan fingerprint density at radius 1 is 1.38 bits per heavy atom. The van der Waals surface area contributed by atoms with Gasteiger partial charge in [0.2, 0.25) is 10.0 Å². The Labute approximate surface area is 141 Å². The molecule has 0 bridgehead atoms. The molecular formula is C13H14BrClN2O2S2. The van der Waals surface area contributed by atoms with Crippen molar-refractivity contribution < 1.29 is 8.42 Å². The number of sulfonamides is 1. The maximum Gasteiger partial charge on any atom is 0.244 e. The SMILES string of the molecule is Cc1cc(Cl)c(S(=O)(=O)N(C)Cc2cc(Br)cs2)cc1N. The lowest BCUT2D eigenvalue weighted by molar-refractivity contribution is 0.469. The number of anilines is 1. The van der Waals surface area contributed by atoms with Crippen LogP contribution in [0.1, 0.15) is 10.4 Å². The molecule has 0 saturated carbocycles. The Balaban J connectivity index is 2.35. The quantitative estimate of drug-likeness (QED) is 0.780. The highest BCUT2D eigenvalue weighted by atomic mass is 79.9. The van der Waals surface area contributed by atoms with Gasteiger partial charge >= 0.3 is 0 Å². The predicted molar refractivity (Wildman–Crippen MR) is 91.3 cm³/mol. The minimum absolute atomic E-state index is 0.0328. The van der Waals surface area contributed by atoms with Crippen molar-refractivity contribution in [3.05, 3.63) is 43.5 Å². The molecule has 114 valence electrons. The molecule has 0 unspecified atom stereocenters. The summed E-state index contributed by atoms with van der Waals surface area (Å²) in [5.74, 6) is 0. The zero-order valence-electron chi connectivity index (χ0n) is 11.4. The minimum atomic E-state index is -3.69. The molecule has 0 amide bonds. The number of rotatable bonds is 4. The van der Waals surface area contributed by atoms with Crippen LogP contribution in [0.25, 0.3) is 0 Å². The van der Waals surface area contributed by atoms with Crippen molar-refractivity contribution in [1.82, 2.24) is 4.31 Å². The van der Waals surface area contributed by atoms with E-state index in [1.807, 2.05) is 11.4 Å². The highest BCUT2D eigenvalue weighted by molar-refractivity contribution is 9.10. The van der Waals surface area contributed by atoms with Crippen molar-refractivity contribution in [1.29, 1.82) is 0 Å². The van der Waals surface area contributed by atoms with E-state index in [0.29, 0.717) is 5.69 Å². The molecule has 0 saturated heterocycles. The van der Waals surface area contributed by atoms with Gasteiger partial charge in [-0.1, -0.05) is 11.6 Å². The number of nitrogens with zero attached hydrogens (tertiary/aromatic N) is 1. The summed E-state index contributed by atoms with van der Waals surface area (Å²) in [6, 6.07) is 4.87. The summed E-state index contributed by atoms with van der Waals surface area (Å²) in [6.07, 6.45) is 0. The van der Waals surface area contributed by atoms with Crippen LogP contribution in [0.15, 0.2) is 32.9 Å². The molecule has 0 radical (unpaired) electrons. The van der Waals surface area contributed by atoms with Gasteiger partial charge in [-0.3, -0.25) is 0 Å². The number of nitrogen functional groups attached to an aromatic ring is 1. The normalized spacial score (nSPS) is 12.0. The first-order chi connectivity index (χ1) is 9.71. The van der Waals surface area contributed by atoms with E-state index in [4.69, 9.17) is 17.3 Å². The lowest BCUT2D eigenvalue weighted by atomic mass is 10.2. The van der Waals surface area contributed by atoms with Crippen LogP contribution >= 0.6 is 38.9 Å². The summed E-state index contributed by atoms with van der Waals surface area (Å²) >= 11 is 10.9. The van der Waals surface area contributed by atoms with Crippen molar-refractivity contribution in [3.8, 4) is 0 Å². The summed E-state index contributed by atoms with van der Waals surface area (Å²) in [5.41, 5.74) is 6.96. The molecule has 2 N–H and O–H groups in total. The Hall–Kier alpha value is -0.600. The largest absolute Gasteiger partial charge is 0.398 e. The fourth-order valence-corrected chi connectivity index (χ4v) is 5.10. The molecule has 2 rings (SSSR count). The van der Waals surface area contributed by atoms with Crippen molar-refractivity contribution in [2.24, 2.45) is 0 Å². The third-order valence-corrected chi connectivity index (χ3v) is 6.96. The molecule has 1 aromatic carbocycles. The van der Waals surface area contributed by atoms with Crippen LogP contribution in [-0.4, -0.2) is 19.8 Å². The Morgan fingerprint density at radius 3 is 2.62 bits per heavy atom. The first kappa shape index (κ1) is 16.8.